The molecule has 0 amide bonds. The minimum atomic E-state index is -1.08. The van der Waals surface area contributed by atoms with Crippen molar-refractivity contribution in [1.82, 2.24) is 0 Å². The van der Waals surface area contributed by atoms with Gasteiger partial charge in [-0.2, -0.15) is 0 Å². The van der Waals surface area contributed by atoms with E-state index in [0.29, 0.717) is 0 Å². The summed E-state index contributed by atoms with van der Waals surface area (Å²) in [5.74, 6) is -6.50. The van der Waals surface area contributed by atoms with Gasteiger partial charge in [-0.25, -0.2) is 0 Å². The first-order valence-corrected chi connectivity index (χ1v) is 5.45. The average molecular weight is 632 g/mol. The summed E-state index contributed by atoms with van der Waals surface area (Å²) in [5.41, 5.74) is 0. The Morgan fingerprint density at radius 3 is 0.345 bits per heavy atom. The Bertz CT molecular complexity index is 273. The van der Waals surface area contributed by atoms with E-state index in [0.717, 1.165) is 41.5 Å². The van der Waals surface area contributed by atoms with Crippen LogP contribution in [0.5, 0.6) is 0 Å². The molecular weight excluding hydrogens is 614 g/mol. The molecule has 0 aliphatic rings. The van der Waals surface area contributed by atoms with Gasteiger partial charge in [0.05, 0.1) is 0 Å². The van der Waals surface area contributed by atoms with Gasteiger partial charge in [0, 0.05) is 35.8 Å². The van der Waals surface area contributed by atoms with Crippen molar-refractivity contribution in [2.45, 2.75) is 41.5 Å². The molecule has 152 valence electrons. The van der Waals surface area contributed by atoms with E-state index in [-0.39, 0.29) is 83.4 Å². The van der Waals surface area contributed by atoms with Crippen molar-refractivity contribution >= 4 is 35.8 Å². The van der Waals surface area contributed by atoms with Crippen LogP contribution in [-0.2, 0) is 112 Å². The van der Waals surface area contributed by atoms with Gasteiger partial charge in [0.2, 0.25) is 0 Å². The van der Waals surface area contributed by atoms with Crippen LogP contribution in [0.3, 0.4) is 0 Å². The van der Waals surface area contributed by atoms with Crippen LogP contribution in [0.2, 0.25) is 0 Å². The van der Waals surface area contributed by atoms with Gasteiger partial charge >= 0.3 is 77.9 Å². The Balaban J connectivity index is -0.0000000144. The van der Waals surface area contributed by atoms with Crippen LogP contribution in [0, 0.1) is 0 Å². The third kappa shape index (κ3) is 33000. The van der Waals surface area contributed by atoms with Crippen LogP contribution in [0.4, 0.5) is 0 Å². The monoisotopic (exact) mass is 626 g/mol. The summed E-state index contributed by atoms with van der Waals surface area (Å²) in [6.07, 6.45) is 0. The second-order valence-electron chi connectivity index (χ2n) is 2.95. The first-order valence-electron chi connectivity index (χ1n) is 5.45. The fourth-order valence-electron chi connectivity index (χ4n) is 0. The summed E-state index contributed by atoms with van der Waals surface area (Å²) >= 11 is 0. The zero-order chi connectivity index (χ0) is 21.5. The maximum Gasteiger partial charge on any atom is 2.00 e. The van der Waals surface area contributed by atoms with Crippen LogP contribution >= 0.6 is 0 Å². The van der Waals surface area contributed by atoms with Crippen LogP contribution in [0.15, 0.2) is 0 Å². The molecule has 0 aromatic carbocycles. The Morgan fingerprint density at radius 2 is 0.345 bits per heavy atom. The molecule has 0 aromatic rings. The largest absolute Gasteiger partial charge is 2.00 e. The van der Waals surface area contributed by atoms with Crippen molar-refractivity contribution in [3.05, 3.63) is 0 Å². The van der Waals surface area contributed by atoms with Crippen LogP contribution in [0.1, 0.15) is 41.5 Å². The van der Waals surface area contributed by atoms with Gasteiger partial charge in [0.25, 0.3) is 0 Å². The SMILES string of the molecule is CC(=O)[O-].CC(=O)[O-].CC(=O)[O-].CC(=O)[O-].CC(=O)[O-].CC(=O)[O-].[O-2].[Zn+2].[Zn+2].[Zn+2].[Zn+2]. The quantitative estimate of drug-likeness (QED) is 0.226. The van der Waals surface area contributed by atoms with Crippen molar-refractivity contribution in [1.29, 1.82) is 0 Å². The summed E-state index contributed by atoms with van der Waals surface area (Å²) < 4.78 is 0. The average Bonchev–Trinajstić information content (AvgIpc) is 2.08. The molecular formula is C12H18O13Zn4. The van der Waals surface area contributed by atoms with Crippen molar-refractivity contribution < 1.29 is 143 Å². The Labute approximate surface area is 219 Å². The van der Waals surface area contributed by atoms with Gasteiger partial charge in [-0.15, -0.1) is 0 Å². The first-order chi connectivity index (χ1) is 10.4. The summed E-state index contributed by atoms with van der Waals surface area (Å²) in [4.78, 5) is 53.3. The van der Waals surface area contributed by atoms with E-state index in [4.69, 9.17) is 59.4 Å². The third-order valence-corrected chi connectivity index (χ3v) is 0. The molecule has 13 nitrogen and oxygen atoms in total. The molecule has 0 saturated carbocycles. The standard InChI is InChI=1S/6C2H4O2.O.4Zn/c6*1-2(3)4;;;;;/h6*1H3,(H,3,4);;;;;/q;;;;;;-2;4*+2/p-6. The van der Waals surface area contributed by atoms with Crippen LogP contribution in [0.25, 0.3) is 0 Å². The fraction of sp³-hybridized carbons (Fsp3) is 0.500. The number of aliphatic carboxylic acids is 6. The van der Waals surface area contributed by atoms with E-state index in [1.165, 1.54) is 0 Å². The van der Waals surface area contributed by atoms with Gasteiger partial charge in [-0.1, -0.05) is 0 Å². The van der Waals surface area contributed by atoms with Gasteiger partial charge < -0.3 is 64.9 Å². The van der Waals surface area contributed by atoms with E-state index < -0.39 is 35.8 Å². The predicted molar refractivity (Wildman–Crippen MR) is 64.8 cm³/mol. The zero-order valence-electron chi connectivity index (χ0n) is 17.1. The minimum Gasteiger partial charge on any atom is -2.00 e. The first kappa shape index (κ1) is 70.5. The molecule has 29 heavy (non-hydrogen) atoms. The molecule has 0 rings (SSSR count). The van der Waals surface area contributed by atoms with Gasteiger partial charge in [-0.3, -0.25) is 0 Å². The molecule has 0 unspecified atom stereocenters. The smallest absolute Gasteiger partial charge is 2.00 e. The molecule has 0 saturated heterocycles. The molecule has 0 radical (unpaired) electrons. The second kappa shape index (κ2) is 63.1. The summed E-state index contributed by atoms with van der Waals surface area (Å²) in [5, 5.41) is 53.3. The zero-order valence-corrected chi connectivity index (χ0v) is 29.0. The number of rotatable bonds is 0. The van der Waals surface area contributed by atoms with Crippen molar-refractivity contribution in [2.75, 3.05) is 0 Å². The molecule has 0 atom stereocenters. The number of hydrogen-bond acceptors (Lipinski definition) is 12. The molecule has 17 heteroatoms. The fourth-order valence-corrected chi connectivity index (χ4v) is 0. The van der Waals surface area contributed by atoms with E-state index in [2.05, 4.69) is 0 Å². The van der Waals surface area contributed by atoms with Crippen molar-refractivity contribution in [3.63, 3.8) is 0 Å². The van der Waals surface area contributed by atoms with E-state index in [1.807, 2.05) is 0 Å². The Morgan fingerprint density at radius 1 is 0.345 bits per heavy atom. The molecule has 0 fully saturated rings. The normalized spacial score (nSPS) is 5.17. The minimum absolute atomic E-state index is 0. The van der Waals surface area contributed by atoms with E-state index in [9.17, 15) is 0 Å². The Hall–Kier alpha value is -0.726. The van der Waals surface area contributed by atoms with Crippen LogP contribution in [-0.4, -0.2) is 35.8 Å². The van der Waals surface area contributed by atoms with Crippen molar-refractivity contribution in [3.8, 4) is 0 Å². The van der Waals surface area contributed by atoms with E-state index in [1.54, 1.807) is 0 Å². The number of carboxylic acids is 6. The maximum absolute atomic E-state index is 8.89. The molecule has 0 bridgehead atoms. The summed E-state index contributed by atoms with van der Waals surface area (Å²) in [7, 11) is 0. The van der Waals surface area contributed by atoms with Crippen LogP contribution < -0.4 is 30.6 Å². The summed E-state index contributed by atoms with van der Waals surface area (Å²) in [6.45, 7) is 5.83. The van der Waals surface area contributed by atoms with E-state index >= 15 is 0 Å². The number of hydrogen-bond donors (Lipinski definition) is 0. The third-order valence-electron chi connectivity index (χ3n) is 0. The molecule has 0 spiro atoms. The molecule has 0 heterocycles. The number of carbonyl (C=O) groups excluding carboxylic acids is 6. The van der Waals surface area contributed by atoms with Gasteiger partial charge in [0.15, 0.2) is 0 Å². The molecule has 0 aromatic heterocycles. The van der Waals surface area contributed by atoms with Crippen molar-refractivity contribution in [2.24, 2.45) is 0 Å². The predicted octanol–water partition coefficient (Wildman–Crippen LogP) is -7.59. The Kier molecular flexibility index (Phi) is 153. The second-order valence-corrected chi connectivity index (χ2v) is 2.95. The molecule has 0 N–H and O–H groups in total. The van der Waals surface area contributed by atoms with Gasteiger partial charge in [-0.05, 0) is 41.5 Å². The number of carboxylic acid groups (broad SMARTS) is 6. The summed E-state index contributed by atoms with van der Waals surface area (Å²) in [6, 6.07) is 0. The topological polar surface area (TPSA) is 269 Å². The van der Waals surface area contributed by atoms with Gasteiger partial charge in [0.1, 0.15) is 0 Å². The maximum atomic E-state index is 8.89. The number of carbonyl (C=O) groups is 6. The molecule has 0 aliphatic heterocycles. The molecule has 0 aliphatic carbocycles.